The number of halogens is 3. The molecule has 1 amide bonds. The number of amides is 1. The molecule has 2 saturated heterocycles. The van der Waals surface area contributed by atoms with E-state index in [0.29, 0.717) is 63.4 Å². The SMILES string of the molecule is Cn1cnnc1CC1(c2cccc(N3Cc4c(cc(CN5CCC(C#N)CC5)cc4C(F)(F)F)C3=O)c2)COC1. The fraction of sp³-hybridized carbons (Fsp3) is 0.448. The van der Waals surface area contributed by atoms with E-state index in [1.54, 1.807) is 18.5 Å². The van der Waals surface area contributed by atoms with Crippen LogP contribution in [0, 0.1) is 17.2 Å². The lowest BCUT2D eigenvalue weighted by molar-refractivity contribution is -0.138. The highest BCUT2D eigenvalue weighted by Gasteiger charge is 2.43. The number of carbonyl (C=O) groups is 1. The molecule has 0 bridgehead atoms. The molecule has 11 heteroatoms. The second-order valence-electron chi connectivity index (χ2n) is 11.1. The first-order valence-electron chi connectivity index (χ1n) is 13.3. The van der Waals surface area contributed by atoms with Crippen LogP contribution in [-0.2, 0) is 42.9 Å². The monoisotopic (exact) mass is 550 g/mol. The molecule has 2 aromatic carbocycles. The summed E-state index contributed by atoms with van der Waals surface area (Å²) in [7, 11) is 1.87. The second kappa shape index (κ2) is 10.0. The normalized spacial score (nSPS) is 19.4. The molecule has 1 aromatic heterocycles. The van der Waals surface area contributed by atoms with Crippen molar-refractivity contribution in [2.45, 2.75) is 43.9 Å². The van der Waals surface area contributed by atoms with Crippen LogP contribution in [0.2, 0.25) is 0 Å². The molecule has 3 aliphatic heterocycles. The number of rotatable bonds is 6. The van der Waals surface area contributed by atoms with Gasteiger partial charge in [-0.3, -0.25) is 9.69 Å². The number of hydrogen-bond donors (Lipinski definition) is 0. The van der Waals surface area contributed by atoms with Crippen molar-refractivity contribution in [1.82, 2.24) is 19.7 Å². The lowest BCUT2D eigenvalue weighted by Gasteiger charge is -2.42. The molecule has 0 N–H and O–H groups in total. The van der Waals surface area contributed by atoms with Gasteiger partial charge in [0.25, 0.3) is 5.91 Å². The highest BCUT2D eigenvalue weighted by Crippen LogP contribution is 2.42. The van der Waals surface area contributed by atoms with Gasteiger partial charge in [0.2, 0.25) is 0 Å². The van der Waals surface area contributed by atoms with E-state index < -0.39 is 17.6 Å². The summed E-state index contributed by atoms with van der Waals surface area (Å²) in [6.07, 6.45) is -0.969. The minimum absolute atomic E-state index is 0.00983. The zero-order valence-electron chi connectivity index (χ0n) is 22.1. The fourth-order valence-corrected chi connectivity index (χ4v) is 5.99. The third-order valence-electron chi connectivity index (χ3n) is 8.41. The van der Waals surface area contributed by atoms with Crippen molar-refractivity contribution in [1.29, 1.82) is 5.26 Å². The first-order chi connectivity index (χ1) is 19.2. The Balaban J connectivity index is 1.29. The largest absolute Gasteiger partial charge is 0.416 e. The molecule has 0 atom stereocenters. The van der Waals surface area contributed by atoms with E-state index in [4.69, 9.17) is 10.00 Å². The van der Waals surface area contributed by atoms with E-state index in [1.165, 1.54) is 11.0 Å². The van der Waals surface area contributed by atoms with Gasteiger partial charge in [0.15, 0.2) is 0 Å². The average molecular weight is 551 g/mol. The number of benzene rings is 2. The summed E-state index contributed by atoms with van der Waals surface area (Å²) in [5, 5.41) is 17.3. The van der Waals surface area contributed by atoms with Crippen LogP contribution in [0.1, 0.15) is 51.3 Å². The van der Waals surface area contributed by atoms with Crippen LogP contribution < -0.4 is 4.90 Å². The molecule has 6 rings (SSSR count). The number of carbonyl (C=O) groups excluding carboxylic acids is 1. The molecule has 0 saturated carbocycles. The van der Waals surface area contributed by atoms with Gasteiger partial charge in [-0.2, -0.15) is 18.4 Å². The minimum Gasteiger partial charge on any atom is -0.379 e. The number of aromatic nitrogens is 3. The number of hydrogen-bond acceptors (Lipinski definition) is 6. The first-order valence-corrected chi connectivity index (χ1v) is 13.3. The number of anilines is 1. The van der Waals surface area contributed by atoms with Crippen molar-refractivity contribution in [2.24, 2.45) is 13.0 Å². The molecule has 0 radical (unpaired) electrons. The first kappa shape index (κ1) is 26.5. The quantitative estimate of drug-likeness (QED) is 0.456. The summed E-state index contributed by atoms with van der Waals surface area (Å²) in [5.41, 5.74) is 0.954. The van der Waals surface area contributed by atoms with Crippen molar-refractivity contribution >= 4 is 11.6 Å². The number of piperidine rings is 1. The molecule has 0 aliphatic carbocycles. The van der Waals surface area contributed by atoms with Crippen LogP contribution in [-0.4, -0.2) is 51.9 Å². The zero-order valence-corrected chi connectivity index (χ0v) is 22.1. The maximum Gasteiger partial charge on any atom is 0.416 e. The average Bonchev–Trinajstić information content (AvgIpc) is 3.48. The topological polar surface area (TPSA) is 87.3 Å². The zero-order chi connectivity index (χ0) is 28.1. The van der Waals surface area contributed by atoms with E-state index in [1.807, 2.05) is 34.7 Å². The Morgan fingerprint density at radius 2 is 1.95 bits per heavy atom. The number of ether oxygens (including phenoxy) is 1. The molecule has 8 nitrogen and oxygen atoms in total. The van der Waals surface area contributed by atoms with Crippen LogP contribution >= 0.6 is 0 Å². The maximum absolute atomic E-state index is 14.2. The second-order valence-corrected chi connectivity index (χ2v) is 11.1. The molecule has 0 spiro atoms. The maximum atomic E-state index is 14.2. The van der Waals surface area contributed by atoms with Gasteiger partial charge in [0.1, 0.15) is 12.2 Å². The van der Waals surface area contributed by atoms with E-state index in [0.717, 1.165) is 11.4 Å². The molecule has 4 heterocycles. The molecular weight excluding hydrogens is 521 g/mol. The summed E-state index contributed by atoms with van der Waals surface area (Å²) in [6, 6.07) is 12.5. The highest BCUT2D eigenvalue weighted by atomic mass is 19.4. The summed E-state index contributed by atoms with van der Waals surface area (Å²) in [6.45, 7) is 2.40. The molecule has 3 aromatic rings. The lowest BCUT2D eigenvalue weighted by atomic mass is 9.75. The predicted molar refractivity (Wildman–Crippen MR) is 139 cm³/mol. The van der Waals surface area contributed by atoms with Gasteiger partial charge in [-0.25, -0.2) is 0 Å². The molecule has 3 aliphatic rings. The third-order valence-corrected chi connectivity index (χ3v) is 8.41. The molecular formula is C29H29F3N6O2. The third kappa shape index (κ3) is 4.75. The lowest BCUT2D eigenvalue weighted by Crippen LogP contribution is -2.49. The van der Waals surface area contributed by atoms with Crippen molar-refractivity contribution < 1.29 is 22.7 Å². The van der Waals surface area contributed by atoms with Crippen LogP contribution in [0.5, 0.6) is 0 Å². The molecule has 0 unspecified atom stereocenters. The fourth-order valence-electron chi connectivity index (χ4n) is 5.99. The number of fused-ring (bicyclic) bond motifs is 1. The summed E-state index contributed by atoms with van der Waals surface area (Å²) in [4.78, 5) is 17.1. The van der Waals surface area contributed by atoms with Crippen molar-refractivity contribution in [2.75, 3.05) is 31.2 Å². The molecule has 208 valence electrons. The van der Waals surface area contributed by atoms with Gasteiger partial charge in [0.05, 0.1) is 31.4 Å². The van der Waals surface area contributed by atoms with E-state index in [2.05, 4.69) is 16.3 Å². The van der Waals surface area contributed by atoms with E-state index in [-0.39, 0.29) is 29.0 Å². The van der Waals surface area contributed by atoms with Gasteiger partial charge in [0, 0.05) is 42.6 Å². The smallest absolute Gasteiger partial charge is 0.379 e. The number of nitrogens with zero attached hydrogens (tertiary/aromatic N) is 6. The van der Waals surface area contributed by atoms with Crippen LogP contribution in [0.4, 0.5) is 18.9 Å². The molecule has 40 heavy (non-hydrogen) atoms. The Labute approximate surface area is 230 Å². The predicted octanol–water partition coefficient (Wildman–Crippen LogP) is 4.24. The van der Waals surface area contributed by atoms with Crippen LogP contribution in [0.3, 0.4) is 0 Å². The van der Waals surface area contributed by atoms with Crippen LogP contribution in [0.25, 0.3) is 0 Å². The van der Waals surface area contributed by atoms with Crippen LogP contribution in [0.15, 0.2) is 42.7 Å². The van der Waals surface area contributed by atoms with Crippen molar-refractivity contribution in [3.05, 3.63) is 76.4 Å². The van der Waals surface area contributed by atoms with Gasteiger partial charge < -0.3 is 14.2 Å². The number of nitriles is 1. The Bertz CT molecular complexity index is 1480. The van der Waals surface area contributed by atoms with Gasteiger partial charge >= 0.3 is 6.18 Å². The van der Waals surface area contributed by atoms with Gasteiger partial charge in [-0.05, 0) is 66.9 Å². The minimum atomic E-state index is -4.59. The number of likely N-dealkylation sites (tertiary alicyclic amines) is 1. The Kier molecular flexibility index (Phi) is 6.63. The Hall–Kier alpha value is -3.75. The van der Waals surface area contributed by atoms with Crippen molar-refractivity contribution in [3.8, 4) is 6.07 Å². The Morgan fingerprint density at radius 3 is 2.58 bits per heavy atom. The van der Waals surface area contributed by atoms with Gasteiger partial charge in [-0.15, -0.1) is 10.2 Å². The summed E-state index contributed by atoms with van der Waals surface area (Å²) >= 11 is 0. The van der Waals surface area contributed by atoms with E-state index in [9.17, 15) is 18.0 Å². The summed E-state index contributed by atoms with van der Waals surface area (Å²) < 4.78 is 50.1. The van der Waals surface area contributed by atoms with Gasteiger partial charge in [-0.1, -0.05) is 12.1 Å². The Morgan fingerprint density at radius 1 is 1.18 bits per heavy atom. The standard InChI is InChI=1S/C29H29F3N6O2/c1-36-18-34-35-26(36)12-28(16-40-17-28)21-3-2-4-22(11-21)38-15-24-23(27(38)39)9-20(10-25(24)29(30,31)32)14-37-7-5-19(13-33)6-8-37/h2-4,9-11,18-19H,5-8,12,14-17H2,1H3. The van der Waals surface area contributed by atoms with E-state index >= 15 is 0 Å². The number of alkyl halides is 3. The summed E-state index contributed by atoms with van der Waals surface area (Å²) in [5.74, 6) is 0.353. The van der Waals surface area contributed by atoms with Crippen molar-refractivity contribution in [3.63, 3.8) is 0 Å². The number of aryl methyl sites for hydroxylation is 1. The molecule has 2 fully saturated rings. The highest BCUT2D eigenvalue weighted by molar-refractivity contribution is 6.10.